The second-order valence-electron chi connectivity index (χ2n) is 6.94. The molecule has 0 saturated carbocycles. The summed E-state index contributed by atoms with van der Waals surface area (Å²) in [5.74, 6) is 0.342. The molecule has 136 valence electrons. The lowest BCUT2D eigenvalue weighted by Crippen LogP contribution is -2.19. The highest BCUT2D eigenvalue weighted by molar-refractivity contribution is 5.93. The summed E-state index contributed by atoms with van der Waals surface area (Å²) in [5, 5.41) is 14.8. The maximum Gasteiger partial charge on any atom is 0.120 e. The number of benzene rings is 2. The van der Waals surface area contributed by atoms with Gasteiger partial charge >= 0.3 is 0 Å². The van der Waals surface area contributed by atoms with Gasteiger partial charge in [-0.15, -0.1) is 0 Å². The van der Waals surface area contributed by atoms with E-state index in [0.29, 0.717) is 5.75 Å². The van der Waals surface area contributed by atoms with Crippen LogP contribution in [0.3, 0.4) is 0 Å². The van der Waals surface area contributed by atoms with Crippen LogP contribution in [0, 0.1) is 6.92 Å². The van der Waals surface area contributed by atoms with Crippen LogP contribution in [0.2, 0.25) is 0 Å². The van der Waals surface area contributed by atoms with E-state index in [1.54, 1.807) is 6.07 Å². The van der Waals surface area contributed by atoms with Gasteiger partial charge in [-0.05, 0) is 62.8 Å². The van der Waals surface area contributed by atoms with Crippen molar-refractivity contribution >= 4 is 22.3 Å². The number of anilines is 2. The number of pyridine rings is 1. The Balaban J connectivity index is 1.83. The van der Waals surface area contributed by atoms with Gasteiger partial charge in [0.15, 0.2) is 0 Å². The molecule has 0 unspecified atom stereocenters. The van der Waals surface area contributed by atoms with Gasteiger partial charge in [0.05, 0.1) is 5.52 Å². The average molecular weight is 349 g/mol. The average Bonchev–Trinajstić information content (AvgIpc) is 2.62. The molecular weight excluding hydrogens is 322 g/mol. The summed E-state index contributed by atoms with van der Waals surface area (Å²) >= 11 is 0. The molecule has 0 saturated heterocycles. The number of rotatable bonds is 7. The van der Waals surface area contributed by atoms with Gasteiger partial charge in [0.2, 0.25) is 0 Å². The topological polar surface area (TPSA) is 48.4 Å². The van der Waals surface area contributed by atoms with Gasteiger partial charge in [-0.1, -0.05) is 25.5 Å². The lowest BCUT2D eigenvalue weighted by Gasteiger charge is -2.18. The molecule has 0 spiro atoms. The van der Waals surface area contributed by atoms with Crippen molar-refractivity contribution in [2.75, 3.05) is 18.9 Å². The fourth-order valence-electron chi connectivity index (χ4n) is 3.11. The Labute approximate surface area is 155 Å². The number of nitrogens with zero attached hydrogens (tertiary/aromatic N) is 2. The van der Waals surface area contributed by atoms with Gasteiger partial charge in [0.25, 0.3) is 0 Å². The van der Waals surface area contributed by atoms with E-state index in [4.69, 9.17) is 0 Å². The van der Waals surface area contributed by atoms with Crippen molar-refractivity contribution in [2.45, 2.75) is 33.2 Å². The molecule has 4 heteroatoms. The molecule has 0 atom stereocenters. The summed E-state index contributed by atoms with van der Waals surface area (Å²) in [5.41, 5.74) is 5.10. The molecule has 0 aliphatic rings. The first kappa shape index (κ1) is 18.2. The fraction of sp³-hybridized carbons (Fsp3) is 0.318. The third-order valence-corrected chi connectivity index (χ3v) is 4.59. The molecule has 26 heavy (non-hydrogen) atoms. The Morgan fingerprint density at radius 1 is 1.12 bits per heavy atom. The quantitative estimate of drug-likeness (QED) is 0.574. The molecule has 0 fully saturated rings. The number of fused-ring (bicyclic) bond motifs is 1. The van der Waals surface area contributed by atoms with Crippen LogP contribution in [-0.4, -0.2) is 28.6 Å². The van der Waals surface area contributed by atoms with Crippen molar-refractivity contribution in [2.24, 2.45) is 0 Å². The molecule has 0 bridgehead atoms. The Bertz CT molecular complexity index is 892. The molecular formula is C22H27N3O. The summed E-state index contributed by atoms with van der Waals surface area (Å²) in [6, 6.07) is 14.0. The number of aromatic hydroxyl groups is 1. The summed E-state index contributed by atoms with van der Waals surface area (Å²) in [6.45, 7) is 6.03. The minimum Gasteiger partial charge on any atom is -0.508 e. The van der Waals surface area contributed by atoms with Gasteiger partial charge in [0.1, 0.15) is 5.75 Å². The molecule has 0 aliphatic heterocycles. The largest absolute Gasteiger partial charge is 0.508 e. The molecule has 1 heterocycles. The molecule has 1 aromatic heterocycles. The first-order valence-corrected chi connectivity index (χ1v) is 9.19. The molecule has 0 amide bonds. The monoisotopic (exact) mass is 349 g/mol. The number of nitrogens with one attached hydrogen (secondary N) is 1. The van der Waals surface area contributed by atoms with E-state index in [-0.39, 0.29) is 0 Å². The predicted molar refractivity (Wildman–Crippen MR) is 109 cm³/mol. The van der Waals surface area contributed by atoms with Crippen molar-refractivity contribution < 1.29 is 5.11 Å². The summed E-state index contributed by atoms with van der Waals surface area (Å²) < 4.78 is 0. The van der Waals surface area contributed by atoms with Crippen molar-refractivity contribution in [3.8, 4) is 5.75 Å². The Kier molecular flexibility index (Phi) is 5.74. The predicted octanol–water partition coefficient (Wildman–Crippen LogP) is 5.22. The zero-order chi connectivity index (χ0) is 18.5. The highest BCUT2D eigenvalue weighted by Gasteiger charge is 2.08. The normalized spacial score (nSPS) is 11.2. The Hall–Kier alpha value is -2.59. The van der Waals surface area contributed by atoms with E-state index < -0.39 is 0 Å². The number of aryl methyl sites for hydroxylation is 1. The first-order valence-electron chi connectivity index (χ1n) is 9.19. The molecule has 3 rings (SSSR count). The number of aromatic nitrogens is 1. The maximum absolute atomic E-state index is 10.2. The standard InChI is InChI=1S/C22H27N3O/c1-4-5-12-25(3)15-17-14-18(7-9-22(17)26)24-20-10-11-23-21-13-16(2)6-8-19(20)21/h6-11,13-14,26H,4-5,12,15H2,1-3H3,(H,23,24). The molecule has 2 N–H and O–H groups in total. The third-order valence-electron chi connectivity index (χ3n) is 4.59. The summed E-state index contributed by atoms with van der Waals surface area (Å²) in [4.78, 5) is 6.70. The van der Waals surface area contributed by atoms with Crippen LogP contribution in [0.4, 0.5) is 11.4 Å². The number of hydrogen-bond acceptors (Lipinski definition) is 4. The minimum absolute atomic E-state index is 0.342. The highest BCUT2D eigenvalue weighted by atomic mass is 16.3. The lowest BCUT2D eigenvalue weighted by atomic mass is 10.1. The van der Waals surface area contributed by atoms with Gasteiger partial charge < -0.3 is 15.3 Å². The Morgan fingerprint density at radius 3 is 2.77 bits per heavy atom. The molecule has 4 nitrogen and oxygen atoms in total. The number of unbranched alkanes of at least 4 members (excludes halogenated alkanes) is 1. The van der Waals surface area contributed by atoms with Crippen molar-refractivity contribution in [1.82, 2.24) is 9.88 Å². The van der Waals surface area contributed by atoms with Crippen LogP contribution in [0.5, 0.6) is 5.75 Å². The summed E-state index contributed by atoms with van der Waals surface area (Å²) in [7, 11) is 2.09. The smallest absolute Gasteiger partial charge is 0.120 e. The van der Waals surface area contributed by atoms with E-state index >= 15 is 0 Å². The minimum atomic E-state index is 0.342. The van der Waals surface area contributed by atoms with Crippen LogP contribution in [-0.2, 0) is 6.54 Å². The zero-order valence-corrected chi connectivity index (χ0v) is 15.8. The van der Waals surface area contributed by atoms with Crippen LogP contribution in [0.1, 0.15) is 30.9 Å². The molecule has 0 aliphatic carbocycles. The van der Waals surface area contributed by atoms with Crippen molar-refractivity contribution in [1.29, 1.82) is 0 Å². The number of phenolic OH excluding ortho intramolecular Hbond substituents is 1. The zero-order valence-electron chi connectivity index (χ0n) is 15.8. The first-order chi connectivity index (χ1) is 12.6. The number of phenols is 1. The highest BCUT2D eigenvalue weighted by Crippen LogP contribution is 2.29. The third kappa shape index (κ3) is 4.33. The van der Waals surface area contributed by atoms with Crippen LogP contribution >= 0.6 is 0 Å². The van der Waals surface area contributed by atoms with E-state index in [2.05, 4.69) is 54.3 Å². The van der Waals surface area contributed by atoms with Crippen molar-refractivity contribution in [3.05, 3.63) is 59.8 Å². The van der Waals surface area contributed by atoms with E-state index in [0.717, 1.165) is 47.4 Å². The number of hydrogen-bond donors (Lipinski definition) is 2. The molecule has 3 aromatic rings. The summed E-state index contributed by atoms with van der Waals surface area (Å²) in [6.07, 6.45) is 4.16. The van der Waals surface area contributed by atoms with E-state index in [9.17, 15) is 5.11 Å². The molecule has 0 radical (unpaired) electrons. The van der Waals surface area contributed by atoms with Gasteiger partial charge in [-0.2, -0.15) is 0 Å². The van der Waals surface area contributed by atoms with Crippen molar-refractivity contribution in [3.63, 3.8) is 0 Å². The molecule has 2 aromatic carbocycles. The Morgan fingerprint density at radius 2 is 1.96 bits per heavy atom. The fourth-order valence-corrected chi connectivity index (χ4v) is 3.11. The second-order valence-corrected chi connectivity index (χ2v) is 6.94. The maximum atomic E-state index is 10.2. The van der Waals surface area contributed by atoms with Gasteiger partial charge in [-0.25, -0.2) is 0 Å². The van der Waals surface area contributed by atoms with Crippen LogP contribution in [0.25, 0.3) is 10.9 Å². The van der Waals surface area contributed by atoms with Crippen LogP contribution < -0.4 is 5.32 Å². The second kappa shape index (κ2) is 8.19. The van der Waals surface area contributed by atoms with E-state index in [1.807, 2.05) is 24.4 Å². The van der Waals surface area contributed by atoms with Gasteiger partial charge in [-0.3, -0.25) is 4.98 Å². The van der Waals surface area contributed by atoms with Crippen LogP contribution in [0.15, 0.2) is 48.7 Å². The SMILES string of the molecule is CCCCN(C)Cc1cc(Nc2ccnc3cc(C)ccc23)ccc1O. The van der Waals surface area contributed by atoms with Gasteiger partial charge in [0, 0.05) is 35.1 Å². The lowest BCUT2D eigenvalue weighted by molar-refractivity contribution is 0.314. The van der Waals surface area contributed by atoms with E-state index in [1.165, 1.54) is 12.0 Å².